The highest BCUT2D eigenvalue weighted by Gasteiger charge is 2.17. The van der Waals surface area contributed by atoms with E-state index in [0.717, 1.165) is 12.0 Å². The van der Waals surface area contributed by atoms with Gasteiger partial charge in [-0.05, 0) is 36.5 Å². The van der Waals surface area contributed by atoms with Gasteiger partial charge in [0.05, 0.1) is 17.2 Å². The fraction of sp³-hybridized carbons (Fsp3) is 0.538. The molecule has 0 amide bonds. The number of aliphatic hydroxyl groups is 1. The Hall–Kier alpha value is -0.480. The third kappa shape index (κ3) is 5.02. The van der Waals surface area contributed by atoms with Crippen molar-refractivity contribution in [2.24, 2.45) is 11.7 Å². The first-order valence-electron chi connectivity index (χ1n) is 5.84. The van der Waals surface area contributed by atoms with Crippen LogP contribution in [0.25, 0.3) is 0 Å². The van der Waals surface area contributed by atoms with Crippen LogP contribution in [-0.2, 0) is 0 Å². The molecule has 5 heteroatoms. The zero-order valence-electron chi connectivity index (χ0n) is 10.6. The molecule has 3 nitrogen and oxygen atoms in total. The molecule has 0 unspecified atom stereocenters. The highest BCUT2D eigenvalue weighted by Crippen LogP contribution is 2.28. The van der Waals surface area contributed by atoms with Crippen LogP contribution in [-0.4, -0.2) is 16.3 Å². The number of nitrogens with two attached hydrogens (primary N) is 1. The standard InChI is InChI=1S/C13H20ClNO2.ClH/c1-8(2)3-5-12(17)13(15)9-4-6-11(16)10(14)7-9;/h4,6-8,12-13,16-17H,3,5,15H2,1-2H3;1H/t12-,13+;/m0./s1. The van der Waals surface area contributed by atoms with E-state index >= 15 is 0 Å². The predicted molar refractivity (Wildman–Crippen MR) is 77.4 cm³/mol. The zero-order chi connectivity index (χ0) is 13.0. The number of hydrogen-bond acceptors (Lipinski definition) is 3. The molecule has 1 rings (SSSR count). The molecule has 0 saturated carbocycles. The van der Waals surface area contributed by atoms with Crippen LogP contribution < -0.4 is 5.73 Å². The summed E-state index contributed by atoms with van der Waals surface area (Å²) < 4.78 is 0. The molecule has 1 aromatic carbocycles. The Balaban J connectivity index is 0.00000289. The minimum Gasteiger partial charge on any atom is -0.506 e. The summed E-state index contributed by atoms with van der Waals surface area (Å²) in [5, 5.41) is 19.5. The molecule has 0 aliphatic carbocycles. The second kappa shape index (κ2) is 7.85. The minimum atomic E-state index is -0.585. The molecule has 0 fully saturated rings. The predicted octanol–water partition coefficient (Wildman–Crippen LogP) is 3.26. The highest BCUT2D eigenvalue weighted by atomic mass is 35.5. The number of aliphatic hydroxyl groups excluding tert-OH is 1. The van der Waals surface area contributed by atoms with Gasteiger partial charge in [0.2, 0.25) is 0 Å². The molecule has 18 heavy (non-hydrogen) atoms. The van der Waals surface area contributed by atoms with Crippen molar-refractivity contribution in [1.82, 2.24) is 0 Å². The van der Waals surface area contributed by atoms with E-state index in [1.54, 1.807) is 12.1 Å². The smallest absolute Gasteiger partial charge is 0.134 e. The number of phenols is 1. The Bertz CT molecular complexity index is 372. The SMILES string of the molecule is CC(C)CC[C@H](O)[C@H](N)c1ccc(O)c(Cl)c1.Cl. The maximum absolute atomic E-state index is 9.95. The molecule has 0 saturated heterocycles. The van der Waals surface area contributed by atoms with Crippen LogP contribution in [0.5, 0.6) is 5.75 Å². The van der Waals surface area contributed by atoms with Crippen LogP contribution in [0.15, 0.2) is 18.2 Å². The molecule has 104 valence electrons. The maximum Gasteiger partial charge on any atom is 0.134 e. The number of benzene rings is 1. The third-order valence-corrected chi connectivity index (χ3v) is 3.11. The van der Waals surface area contributed by atoms with Crippen LogP contribution in [0, 0.1) is 5.92 Å². The van der Waals surface area contributed by atoms with E-state index < -0.39 is 12.1 Å². The van der Waals surface area contributed by atoms with E-state index in [1.807, 2.05) is 0 Å². The van der Waals surface area contributed by atoms with Gasteiger partial charge in [0.1, 0.15) is 5.75 Å². The van der Waals surface area contributed by atoms with E-state index in [-0.39, 0.29) is 23.2 Å². The molecule has 0 bridgehead atoms. The quantitative estimate of drug-likeness (QED) is 0.781. The molecule has 1 aromatic rings. The lowest BCUT2D eigenvalue weighted by Gasteiger charge is -2.20. The van der Waals surface area contributed by atoms with Crippen LogP contribution >= 0.6 is 24.0 Å². The fourth-order valence-electron chi connectivity index (χ4n) is 1.64. The fourth-order valence-corrected chi connectivity index (χ4v) is 1.83. The molecular formula is C13H21Cl2NO2. The van der Waals surface area contributed by atoms with Crippen LogP contribution in [0.2, 0.25) is 5.02 Å². The first-order valence-corrected chi connectivity index (χ1v) is 6.21. The molecule has 0 aromatic heterocycles. The van der Waals surface area contributed by atoms with Crippen LogP contribution in [0.3, 0.4) is 0 Å². The Morgan fingerprint density at radius 2 is 1.89 bits per heavy atom. The number of aromatic hydroxyl groups is 1. The van der Waals surface area contributed by atoms with Gasteiger partial charge in [-0.3, -0.25) is 0 Å². The van der Waals surface area contributed by atoms with E-state index in [0.29, 0.717) is 12.3 Å². The van der Waals surface area contributed by atoms with Crippen molar-refractivity contribution in [2.45, 2.75) is 38.8 Å². The van der Waals surface area contributed by atoms with E-state index in [4.69, 9.17) is 17.3 Å². The van der Waals surface area contributed by atoms with Crippen molar-refractivity contribution in [3.05, 3.63) is 28.8 Å². The van der Waals surface area contributed by atoms with Crippen LogP contribution in [0.4, 0.5) is 0 Å². The lowest BCUT2D eigenvalue weighted by Crippen LogP contribution is -2.26. The summed E-state index contributed by atoms with van der Waals surface area (Å²) >= 11 is 5.80. The lowest BCUT2D eigenvalue weighted by molar-refractivity contribution is 0.128. The van der Waals surface area contributed by atoms with Gasteiger partial charge in [-0.1, -0.05) is 31.5 Å². The summed E-state index contributed by atoms with van der Waals surface area (Å²) in [4.78, 5) is 0. The van der Waals surface area contributed by atoms with Gasteiger partial charge in [0.25, 0.3) is 0 Å². The summed E-state index contributed by atoms with van der Waals surface area (Å²) in [5.41, 5.74) is 6.69. The van der Waals surface area contributed by atoms with Gasteiger partial charge in [0.15, 0.2) is 0 Å². The second-order valence-electron chi connectivity index (χ2n) is 4.78. The number of phenolic OH excluding ortho intramolecular Hbond substituents is 1. The van der Waals surface area contributed by atoms with Crippen molar-refractivity contribution in [2.75, 3.05) is 0 Å². The number of hydrogen-bond donors (Lipinski definition) is 3. The van der Waals surface area contributed by atoms with Gasteiger partial charge >= 0.3 is 0 Å². The van der Waals surface area contributed by atoms with Crippen molar-refractivity contribution < 1.29 is 10.2 Å². The van der Waals surface area contributed by atoms with Gasteiger partial charge in [-0.25, -0.2) is 0 Å². The molecule has 0 radical (unpaired) electrons. The van der Waals surface area contributed by atoms with E-state index in [9.17, 15) is 10.2 Å². The molecular weight excluding hydrogens is 273 g/mol. The van der Waals surface area contributed by atoms with Gasteiger partial charge in [-0.2, -0.15) is 0 Å². The molecule has 0 aliphatic rings. The first kappa shape index (κ1) is 17.5. The topological polar surface area (TPSA) is 66.5 Å². The Kier molecular flexibility index (Phi) is 7.64. The van der Waals surface area contributed by atoms with Gasteiger partial charge in [0, 0.05) is 0 Å². The second-order valence-corrected chi connectivity index (χ2v) is 5.18. The summed E-state index contributed by atoms with van der Waals surface area (Å²) in [6.45, 7) is 4.21. The zero-order valence-corrected chi connectivity index (χ0v) is 12.2. The maximum atomic E-state index is 9.95. The summed E-state index contributed by atoms with van der Waals surface area (Å²) in [6, 6.07) is 4.31. The molecule has 0 heterocycles. The highest BCUT2D eigenvalue weighted by molar-refractivity contribution is 6.32. The molecule has 4 N–H and O–H groups in total. The number of rotatable bonds is 5. The van der Waals surface area contributed by atoms with Crippen LogP contribution in [0.1, 0.15) is 38.3 Å². The normalized spacial score (nSPS) is 14.1. The minimum absolute atomic E-state index is 0. The van der Waals surface area contributed by atoms with Gasteiger partial charge in [-0.15, -0.1) is 12.4 Å². The summed E-state index contributed by atoms with van der Waals surface area (Å²) in [7, 11) is 0. The van der Waals surface area contributed by atoms with Crippen molar-refractivity contribution in [3.8, 4) is 5.75 Å². The first-order chi connectivity index (χ1) is 7.91. The largest absolute Gasteiger partial charge is 0.506 e. The van der Waals surface area contributed by atoms with E-state index in [1.165, 1.54) is 6.07 Å². The van der Waals surface area contributed by atoms with Crippen molar-refractivity contribution in [3.63, 3.8) is 0 Å². The van der Waals surface area contributed by atoms with Crippen molar-refractivity contribution >= 4 is 24.0 Å². The number of halogens is 2. The lowest BCUT2D eigenvalue weighted by atomic mass is 9.96. The third-order valence-electron chi connectivity index (χ3n) is 2.81. The Morgan fingerprint density at radius 3 is 2.39 bits per heavy atom. The van der Waals surface area contributed by atoms with Gasteiger partial charge < -0.3 is 15.9 Å². The van der Waals surface area contributed by atoms with E-state index in [2.05, 4.69) is 13.8 Å². The molecule has 0 aliphatic heterocycles. The summed E-state index contributed by atoms with van der Waals surface area (Å²) in [6.07, 6.45) is 1.01. The molecule has 2 atom stereocenters. The summed E-state index contributed by atoms with van der Waals surface area (Å²) in [5.74, 6) is 0.569. The Morgan fingerprint density at radius 1 is 1.28 bits per heavy atom. The monoisotopic (exact) mass is 293 g/mol. The molecule has 0 spiro atoms. The van der Waals surface area contributed by atoms with Crippen molar-refractivity contribution in [1.29, 1.82) is 0 Å². The Labute approximate surface area is 119 Å². The average molecular weight is 294 g/mol. The average Bonchev–Trinajstić information content (AvgIpc) is 2.28.